The van der Waals surface area contributed by atoms with Gasteiger partial charge in [0.2, 0.25) is 5.91 Å². The minimum atomic E-state index is -3.39. The molecule has 2 saturated carbocycles. The fourth-order valence-corrected chi connectivity index (χ4v) is 5.66. The van der Waals surface area contributed by atoms with Crippen LogP contribution in [0.2, 0.25) is 0 Å². The zero-order valence-corrected chi connectivity index (χ0v) is 12.8. The lowest BCUT2D eigenvalue weighted by molar-refractivity contribution is -0.125. The van der Waals surface area contributed by atoms with E-state index in [1.54, 1.807) is 0 Å². The van der Waals surface area contributed by atoms with Gasteiger partial charge >= 0.3 is 0 Å². The fourth-order valence-electron chi connectivity index (χ4n) is 4.32. The number of carbonyl (C=O) groups excluding carboxylic acids is 1. The summed E-state index contributed by atoms with van der Waals surface area (Å²) in [6.45, 7) is 1.19. The Labute approximate surface area is 120 Å². The van der Waals surface area contributed by atoms with Gasteiger partial charge in [0.15, 0.2) is 14.6 Å². The first-order valence-corrected chi connectivity index (χ1v) is 9.53. The summed E-state index contributed by atoms with van der Waals surface area (Å²) in [4.78, 5) is 12.7. The minimum absolute atomic E-state index is 0.203. The maximum Gasteiger partial charge on any atom is 0.241 e. The van der Waals surface area contributed by atoms with E-state index >= 15 is 0 Å². The van der Waals surface area contributed by atoms with Gasteiger partial charge in [-0.25, -0.2) is 8.42 Å². The lowest BCUT2D eigenvalue weighted by atomic mass is 9.92. The Kier molecular flexibility index (Phi) is 3.57. The van der Waals surface area contributed by atoms with Crippen LogP contribution in [0.3, 0.4) is 0 Å². The van der Waals surface area contributed by atoms with Crippen molar-refractivity contribution in [1.29, 1.82) is 0 Å². The van der Waals surface area contributed by atoms with E-state index in [-0.39, 0.29) is 11.9 Å². The number of carbonyl (C=O) groups is 1. The molecule has 2 aliphatic carbocycles. The van der Waals surface area contributed by atoms with Gasteiger partial charge in [0.05, 0.1) is 0 Å². The molecule has 1 aliphatic heterocycles. The topological polar surface area (TPSA) is 75.3 Å². The van der Waals surface area contributed by atoms with Crippen molar-refractivity contribution in [2.45, 2.75) is 49.3 Å². The van der Waals surface area contributed by atoms with E-state index in [2.05, 4.69) is 10.6 Å². The highest BCUT2D eigenvalue weighted by atomic mass is 32.2. The second kappa shape index (κ2) is 4.98. The van der Waals surface area contributed by atoms with E-state index in [1.165, 1.54) is 25.5 Å². The number of nitrogens with one attached hydrogen (secondary N) is 2. The zero-order valence-electron chi connectivity index (χ0n) is 12.0. The summed E-state index contributed by atoms with van der Waals surface area (Å²) in [7, 11) is -3.39. The summed E-state index contributed by atoms with van der Waals surface area (Å²) >= 11 is 0. The average Bonchev–Trinajstić information content (AvgIpc) is 3.00. The number of amides is 1. The molecule has 2 bridgehead atoms. The van der Waals surface area contributed by atoms with Gasteiger partial charge in [-0.15, -0.1) is 0 Å². The molecule has 20 heavy (non-hydrogen) atoms. The van der Waals surface area contributed by atoms with Crippen LogP contribution in [0.25, 0.3) is 0 Å². The first kappa shape index (κ1) is 14.3. The summed E-state index contributed by atoms with van der Waals surface area (Å²) in [6, 6.07) is 0.203. The van der Waals surface area contributed by atoms with E-state index < -0.39 is 14.6 Å². The summed E-state index contributed by atoms with van der Waals surface area (Å²) in [5, 5.41) is 6.22. The van der Waals surface area contributed by atoms with Crippen molar-refractivity contribution in [3.05, 3.63) is 0 Å². The quantitative estimate of drug-likeness (QED) is 0.794. The fraction of sp³-hybridized carbons (Fsp3) is 0.929. The first-order valence-electron chi connectivity index (χ1n) is 7.64. The van der Waals surface area contributed by atoms with Crippen LogP contribution in [0, 0.1) is 11.8 Å². The van der Waals surface area contributed by atoms with E-state index in [1.807, 2.05) is 0 Å². The first-order chi connectivity index (χ1) is 9.42. The SMILES string of the molecule is CS(=O)(=O)C1(C(=O)NC2CC3CCC2C3)CCNCC1. The lowest BCUT2D eigenvalue weighted by Crippen LogP contribution is -2.59. The zero-order chi connectivity index (χ0) is 14.4. The number of hydrogen-bond acceptors (Lipinski definition) is 4. The van der Waals surface area contributed by atoms with Gasteiger partial charge < -0.3 is 10.6 Å². The monoisotopic (exact) mass is 300 g/mol. The molecule has 3 unspecified atom stereocenters. The van der Waals surface area contributed by atoms with Crippen molar-refractivity contribution in [3.8, 4) is 0 Å². The predicted molar refractivity (Wildman–Crippen MR) is 77.1 cm³/mol. The molecule has 114 valence electrons. The van der Waals surface area contributed by atoms with E-state index in [4.69, 9.17) is 0 Å². The third-order valence-electron chi connectivity index (χ3n) is 5.59. The third-order valence-corrected chi connectivity index (χ3v) is 7.60. The van der Waals surface area contributed by atoms with Gasteiger partial charge in [-0.3, -0.25) is 4.79 Å². The number of piperidine rings is 1. The largest absolute Gasteiger partial charge is 0.352 e. The second-order valence-corrected chi connectivity index (χ2v) is 9.10. The van der Waals surface area contributed by atoms with Crippen LogP contribution < -0.4 is 10.6 Å². The minimum Gasteiger partial charge on any atom is -0.352 e. The van der Waals surface area contributed by atoms with Gasteiger partial charge in [0, 0.05) is 12.3 Å². The highest BCUT2D eigenvalue weighted by Crippen LogP contribution is 2.44. The molecule has 0 aromatic carbocycles. The molecule has 1 saturated heterocycles. The predicted octanol–water partition coefficient (Wildman–Crippen LogP) is 0.458. The summed E-state index contributed by atoms with van der Waals surface area (Å²) in [5.74, 6) is 1.06. The third kappa shape index (κ3) is 2.26. The molecule has 3 aliphatic rings. The number of rotatable bonds is 3. The molecule has 0 aromatic rings. The number of fused-ring (bicyclic) bond motifs is 2. The Bertz CT molecular complexity index is 497. The molecular weight excluding hydrogens is 276 g/mol. The van der Waals surface area contributed by atoms with Gasteiger partial charge in [0.25, 0.3) is 0 Å². The van der Waals surface area contributed by atoms with Crippen molar-refractivity contribution in [2.75, 3.05) is 19.3 Å². The van der Waals surface area contributed by atoms with Gasteiger partial charge in [-0.05, 0) is 57.0 Å². The average molecular weight is 300 g/mol. The molecule has 0 radical (unpaired) electrons. The number of sulfone groups is 1. The molecule has 0 spiro atoms. The molecule has 6 heteroatoms. The van der Waals surface area contributed by atoms with Gasteiger partial charge in [-0.2, -0.15) is 0 Å². The molecule has 3 atom stereocenters. The molecular formula is C14H24N2O3S. The van der Waals surface area contributed by atoms with Crippen molar-refractivity contribution in [2.24, 2.45) is 11.8 Å². The van der Waals surface area contributed by atoms with Crippen molar-refractivity contribution < 1.29 is 13.2 Å². The van der Waals surface area contributed by atoms with E-state index in [0.717, 1.165) is 12.3 Å². The molecule has 1 heterocycles. The standard InChI is InChI=1S/C14H24N2O3S/c1-20(18,19)14(4-6-15-7-5-14)13(17)16-12-9-10-2-3-11(12)8-10/h10-12,15H,2-9H2,1H3,(H,16,17). The Morgan fingerprint density at radius 3 is 2.40 bits per heavy atom. The van der Waals surface area contributed by atoms with Crippen LogP contribution in [0.15, 0.2) is 0 Å². The molecule has 2 N–H and O–H groups in total. The van der Waals surface area contributed by atoms with Crippen LogP contribution in [-0.2, 0) is 14.6 Å². The summed E-state index contributed by atoms with van der Waals surface area (Å²) < 4.78 is 23.2. The summed E-state index contributed by atoms with van der Waals surface area (Å²) in [5.41, 5.74) is 0. The molecule has 1 amide bonds. The molecule has 3 rings (SSSR count). The molecule has 0 aromatic heterocycles. The highest BCUT2D eigenvalue weighted by Gasteiger charge is 2.50. The van der Waals surface area contributed by atoms with Crippen LogP contribution in [0.1, 0.15) is 38.5 Å². The Balaban J connectivity index is 1.76. The van der Waals surface area contributed by atoms with E-state index in [9.17, 15) is 13.2 Å². The van der Waals surface area contributed by atoms with Crippen LogP contribution in [0.4, 0.5) is 0 Å². The van der Waals surface area contributed by atoms with E-state index in [0.29, 0.717) is 31.8 Å². The van der Waals surface area contributed by atoms with Crippen LogP contribution >= 0.6 is 0 Å². The Hall–Kier alpha value is -0.620. The van der Waals surface area contributed by atoms with Crippen LogP contribution in [-0.4, -0.2) is 44.5 Å². The molecule has 3 fully saturated rings. The maximum atomic E-state index is 12.7. The normalized spacial score (nSPS) is 36.0. The van der Waals surface area contributed by atoms with Gasteiger partial charge in [-0.1, -0.05) is 6.42 Å². The Morgan fingerprint density at radius 2 is 1.90 bits per heavy atom. The molecule has 5 nitrogen and oxygen atoms in total. The van der Waals surface area contributed by atoms with Crippen molar-refractivity contribution >= 4 is 15.7 Å². The maximum absolute atomic E-state index is 12.7. The Morgan fingerprint density at radius 1 is 1.20 bits per heavy atom. The van der Waals surface area contributed by atoms with Gasteiger partial charge in [0.1, 0.15) is 0 Å². The lowest BCUT2D eigenvalue weighted by Gasteiger charge is -2.36. The van der Waals surface area contributed by atoms with Crippen LogP contribution in [0.5, 0.6) is 0 Å². The smallest absolute Gasteiger partial charge is 0.241 e. The highest BCUT2D eigenvalue weighted by molar-refractivity contribution is 7.92. The summed E-state index contributed by atoms with van der Waals surface area (Å²) in [6.07, 6.45) is 6.68. The number of hydrogen-bond donors (Lipinski definition) is 2. The second-order valence-electron chi connectivity index (χ2n) is 6.77. The van der Waals surface area contributed by atoms with Crippen molar-refractivity contribution in [3.63, 3.8) is 0 Å². The van der Waals surface area contributed by atoms with Crippen molar-refractivity contribution in [1.82, 2.24) is 10.6 Å².